The molecule has 0 saturated carbocycles. The molecular weight excluding hydrogens is 384 g/mol. The fraction of sp³-hybridized carbons (Fsp3) is 0.217. The third-order valence-electron chi connectivity index (χ3n) is 4.43. The van der Waals surface area contributed by atoms with Gasteiger partial charge in [-0.05, 0) is 42.3 Å². The predicted octanol–water partition coefficient (Wildman–Crippen LogP) is 3.22. The van der Waals surface area contributed by atoms with Crippen molar-refractivity contribution >= 4 is 23.9 Å². The lowest BCUT2D eigenvalue weighted by Crippen LogP contribution is -2.33. The summed E-state index contributed by atoms with van der Waals surface area (Å²) in [6, 6.07) is 15.3. The van der Waals surface area contributed by atoms with Gasteiger partial charge in [0.1, 0.15) is 24.0 Å². The number of nitrogens with zero attached hydrogens (tertiary/aromatic N) is 2. The third kappa shape index (κ3) is 4.55. The molecule has 0 N–H and O–H groups in total. The molecule has 0 bridgehead atoms. The van der Waals surface area contributed by atoms with E-state index in [1.165, 1.54) is 6.08 Å². The van der Waals surface area contributed by atoms with E-state index in [2.05, 4.69) is 0 Å². The van der Waals surface area contributed by atoms with Crippen LogP contribution in [0.2, 0.25) is 0 Å². The van der Waals surface area contributed by atoms with E-state index in [4.69, 9.17) is 9.47 Å². The monoisotopic (exact) mass is 404 g/mol. The average molecular weight is 404 g/mol. The summed E-state index contributed by atoms with van der Waals surface area (Å²) in [5.41, 5.74) is 1.13. The molecule has 3 rings (SSSR count). The van der Waals surface area contributed by atoms with Crippen LogP contribution >= 0.6 is 0 Å². The quantitative estimate of drug-likeness (QED) is 0.290. The first-order chi connectivity index (χ1) is 14.5. The molecule has 0 atom stereocenters. The van der Waals surface area contributed by atoms with Gasteiger partial charge in [-0.15, -0.1) is 0 Å². The maximum Gasteiger partial charge on any atom is 0.348 e. The number of benzene rings is 2. The Morgan fingerprint density at radius 3 is 2.23 bits per heavy atom. The van der Waals surface area contributed by atoms with E-state index in [1.54, 1.807) is 48.5 Å². The van der Waals surface area contributed by atoms with Crippen LogP contribution in [0, 0.1) is 11.3 Å². The molecule has 0 fully saturated rings. The van der Waals surface area contributed by atoms with Gasteiger partial charge in [-0.2, -0.15) is 5.26 Å². The van der Waals surface area contributed by atoms with Gasteiger partial charge in [0, 0.05) is 0 Å². The van der Waals surface area contributed by atoms with Crippen LogP contribution < -0.4 is 4.74 Å². The second kappa shape index (κ2) is 9.52. The Balaban J connectivity index is 1.57. The van der Waals surface area contributed by atoms with Crippen molar-refractivity contribution in [2.45, 2.75) is 13.3 Å². The standard InChI is InChI=1S/C23H20N2O5/c1-2-12-29-18-9-7-16(8-10-18)14-17(15-24)23(28)30-13-11-25-21(26)19-5-3-4-6-20(19)22(25)27/h3-10,14H,2,11-13H2,1H3. The Labute approximate surface area is 174 Å². The molecule has 0 unspecified atom stereocenters. The Bertz CT molecular complexity index is 999. The number of hydrogen-bond donors (Lipinski definition) is 0. The van der Waals surface area contributed by atoms with Gasteiger partial charge in [-0.1, -0.05) is 31.2 Å². The molecule has 152 valence electrons. The number of esters is 1. The molecule has 7 heteroatoms. The fourth-order valence-corrected chi connectivity index (χ4v) is 2.93. The van der Waals surface area contributed by atoms with Crippen molar-refractivity contribution in [3.05, 3.63) is 70.8 Å². The lowest BCUT2D eigenvalue weighted by molar-refractivity contribution is -0.138. The molecule has 0 radical (unpaired) electrons. The Morgan fingerprint density at radius 2 is 1.67 bits per heavy atom. The normalized spacial score (nSPS) is 13.1. The van der Waals surface area contributed by atoms with E-state index in [-0.39, 0.29) is 18.7 Å². The highest BCUT2D eigenvalue weighted by Crippen LogP contribution is 2.22. The first-order valence-electron chi connectivity index (χ1n) is 9.52. The highest BCUT2D eigenvalue weighted by atomic mass is 16.5. The topological polar surface area (TPSA) is 96.7 Å². The molecule has 0 spiro atoms. The largest absolute Gasteiger partial charge is 0.494 e. The van der Waals surface area contributed by atoms with Crippen LogP contribution in [0.5, 0.6) is 5.75 Å². The number of hydrogen-bond acceptors (Lipinski definition) is 6. The van der Waals surface area contributed by atoms with Crippen molar-refractivity contribution < 1.29 is 23.9 Å². The lowest BCUT2D eigenvalue weighted by Gasteiger charge is -2.13. The average Bonchev–Trinajstić information content (AvgIpc) is 3.01. The molecule has 7 nitrogen and oxygen atoms in total. The van der Waals surface area contributed by atoms with Crippen LogP contribution in [0.15, 0.2) is 54.1 Å². The third-order valence-corrected chi connectivity index (χ3v) is 4.43. The highest BCUT2D eigenvalue weighted by molar-refractivity contribution is 6.21. The summed E-state index contributed by atoms with van der Waals surface area (Å²) in [6.45, 7) is 2.34. The Hall–Kier alpha value is -3.92. The van der Waals surface area contributed by atoms with Crippen LogP contribution in [-0.4, -0.2) is 42.4 Å². The second-order valence-electron chi connectivity index (χ2n) is 6.53. The maximum absolute atomic E-state index is 12.3. The molecule has 2 amide bonds. The molecule has 0 aromatic heterocycles. The summed E-state index contributed by atoms with van der Waals surface area (Å²) >= 11 is 0. The number of carbonyl (C=O) groups is 3. The maximum atomic E-state index is 12.3. The van der Waals surface area contributed by atoms with Crippen molar-refractivity contribution in [3.63, 3.8) is 0 Å². The summed E-state index contributed by atoms with van der Waals surface area (Å²) in [4.78, 5) is 37.8. The van der Waals surface area contributed by atoms with Gasteiger partial charge in [0.15, 0.2) is 0 Å². The Morgan fingerprint density at radius 1 is 1.03 bits per heavy atom. The molecular formula is C23H20N2O5. The fourth-order valence-electron chi connectivity index (χ4n) is 2.93. The highest BCUT2D eigenvalue weighted by Gasteiger charge is 2.34. The van der Waals surface area contributed by atoms with Crippen LogP contribution in [0.1, 0.15) is 39.6 Å². The van der Waals surface area contributed by atoms with Crippen LogP contribution in [0.3, 0.4) is 0 Å². The van der Waals surface area contributed by atoms with Crippen LogP contribution in [0.25, 0.3) is 6.08 Å². The van der Waals surface area contributed by atoms with E-state index in [9.17, 15) is 19.6 Å². The minimum Gasteiger partial charge on any atom is -0.494 e. The summed E-state index contributed by atoms with van der Waals surface area (Å²) in [7, 11) is 0. The zero-order valence-corrected chi connectivity index (χ0v) is 16.5. The van der Waals surface area contributed by atoms with Crippen molar-refractivity contribution in [2.75, 3.05) is 19.8 Å². The number of imide groups is 1. The molecule has 1 aliphatic heterocycles. The molecule has 0 saturated heterocycles. The summed E-state index contributed by atoms with van der Waals surface area (Å²) in [6.07, 6.45) is 2.31. The van der Waals surface area contributed by atoms with Crippen molar-refractivity contribution in [1.82, 2.24) is 4.90 Å². The molecule has 1 heterocycles. The van der Waals surface area contributed by atoms with Crippen molar-refractivity contribution in [1.29, 1.82) is 5.26 Å². The molecule has 0 aliphatic carbocycles. The summed E-state index contributed by atoms with van der Waals surface area (Å²) in [5, 5.41) is 9.28. The number of ether oxygens (including phenoxy) is 2. The number of nitriles is 1. The van der Waals surface area contributed by atoms with E-state index in [0.29, 0.717) is 29.0 Å². The lowest BCUT2D eigenvalue weighted by atomic mass is 10.1. The molecule has 1 aliphatic rings. The van der Waals surface area contributed by atoms with Gasteiger partial charge in [-0.3, -0.25) is 14.5 Å². The van der Waals surface area contributed by atoms with E-state index < -0.39 is 17.8 Å². The summed E-state index contributed by atoms with van der Waals surface area (Å²) in [5.74, 6) is -0.961. The predicted molar refractivity (Wildman–Crippen MR) is 109 cm³/mol. The van der Waals surface area contributed by atoms with E-state index in [1.807, 2.05) is 13.0 Å². The van der Waals surface area contributed by atoms with Gasteiger partial charge < -0.3 is 9.47 Å². The van der Waals surface area contributed by atoms with E-state index in [0.717, 1.165) is 11.3 Å². The van der Waals surface area contributed by atoms with Gasteiger partial charge in [0.2, 0.25) is 0 Å². The van der Waals surface area contributed by atoms with Crippen LogP contribution in [-0.2, 0) is 9.53 Å². The van der Waals surface area contributed by atoms with Gasteiger partial charge >= 0.3 is 5.97 Å². The Kier molecular flexibility index (Phi) is 6.60. The van der Waals surface area contributed by atoms with Gasteiger partial charge in [0.25, 0.3) is 11.8 Å². The zero-order valence-electron chi connectivity index (χ0n) is 16.5. The first kappa shape index (κ1) is 20.8. The minimum atomic E-state index is -0.819. The molecule has 30 heavy (non-hydrogen) atoms. The minimum absolute atomic E-state index is 0.0831. The second-order valence-corrected chi connectivity index (χ2v) is 6.53. The van der Waals surface area contributed by atoms with Gasteiger partial charge in [-0.25, -0.2) is 4.79 Å². The first-order valence-corrected chi connectivity index (χ1v) is 9.52. The number of carbonyl (C=O) groups excluding carboxylic acids is 3. The number of amides is 2. The number of fused-ring (bicyclic) bond motifs is 1. The smallest absolute Gasteiger partial charge is 0.348 e. The van der Waals surface area contributed by atoms with Crippen molar-refractivity contribution in [2.24, 2.45) is 0 Å². The molecule has 2 aromatic carbocycles. The SMILES string of the molecule is CCCOc1ccc(C=C(C#N)C(=O)OCCN2C(=O)c3ccccc3C2=O)cc1. The van der Waals surface area contributed by atoms with Crippen molar-refractivity contribution in [3.8, 4) is 11.8 Å². The van der Waals surface area contributed by atoms with Crippen LogP contribution in [0.4, 0.5) is 0 Å². The molecule has 2 aromatic rings. The van der Waals surface area contributed by atoms with E-state index >= 15 is 0 Å². The zero-order chi connectivity index (χ0) is 21.5. The van der Waals surface area contributed by atoms with Gasteiger partial charge in [0.05, 0.1) is 24.3 Å². The summed E-state index contributed by atoms with van der Waals surface area (Å²) < 4.78 is 10.6. The number of rotatable bonds is 8.